The van der Waals surface area contributed by atoms with Crippen LogP contribution in [0.25, 0.3) is 0 Å². The molecule has 220 valence electrons. The summed E-state index contributed by atoms with van der Waals surface area (Å²) in [4.78, 5) is 8.87. The van der Waals surface area contributed by atoms with E-state index in [9.17, 15) is 36.6 Å². The molecule has 3 rings (SSSR count). The van der Waals surface area contributed by atoms with Gasteiger partial charge in [0.1, 0.15) is 11.5 Å². The van der Waals surface area contributed by atoms with Crippen molar-refractivity contribution in [1.29, 1.82) is 0 Å². The SMILES string of the molecule is CC(C)(C)c1cc(C(F)(F)F)cc(C=NC2CCC(N=Cc3cc(C(F)(F)F)cc(C(C)(C)C)c3O)CC2)c1O. The third-order valence-electron chi connectivity index (χ3n) is 7.06. The van der Waals surface area contributed by atoms with Crippen LogP contribution in [0.3, 0.4) is 0 Å². The lowest BCUT2D eigenvalue weighted by atomic mass is 9.84. The van der Waals surface area contributed by atoms with Crippen molar-refractivity contribution >= 4 is 12.4 Å². The number of rotatable bonds is 4. The minimum atomic E-state index is -4.58. The predicted octanol–water partition coefficient (Wildman–Crippen LogP) is 8.58. The average molecular weight is 571 g/mol. The Bertz CT molecular complexity index is 1170. The fourth-order valence-corrected chi connectivity index (χ4v) is 4.71. The van der Waals surface area contributed by atoms with Crippen LogP contribution in [0.1, 0.15) is 101 Å². The molecule has 0 radical (unpaired) electrons. The summed E-state index contributed by atoms with van der Waals surface area (Å²) >= 11 is 0. The van der Waals surface area contributed by atoms with E-state index in [-0.39, 0.29) is 45.8 Å². The lowest BCUT2D eigenvalue weighted by molar-refractivity contribution is -0.138. The van der Waals surface area contributed by atoms with Gasteiger partial charge >= 0.3 is 12.4 Å². The largest absolute Gasteiger partial charge is 0.507 e. The van der Waals surface area contributed by atoms with Gasteiger partial charge in [0, 0.05) is 34.7 Å². The van der Waals surface area contributed by atoms with Crippen molar-refractivity contribution in [2.24, 2.45) is 9.98 Å². The molecule has 2 aromatic carbocycles. The molecule has 0 bridgehead atoms. The zero-order chi connectivity index (χ0) is 30.3. The minimum Gasteiger partial charge on any atom is -0.507 e. The van der Waals surface area contributed by atoms with Crippen LogP contribution < -0.4 is 0 Å². The first-order valence-electron chi connectivity index (χ1n) is 13.1. The standard InChI is InChI=1S/C30H36F6N2O2/c1-27(2,3)23-13-19(29(31,32)33)11-17(25(23)39)15-37-21-7-9-22(10-8-21)38-16-18-12-20(30(34,35)36)14-24(26(18)40)28(4,5)6/h11-16,21-22,39-40H,7-10H2,1-6H3. The van der Waals surface area contributed by atoms with Gasteiger partial charge in [0.2, 0.25) is 0 Å². The second kappa shape index (κ2) is 11.1. The van der Waals surface area contributed by atoms with Crippen molar-refractivity contribution in [3.63, 3.8) is 0 Å². The summed E-state index contributed by atoms with van der Waals surface area (Å²) in [6.07, 6.45) is -4.34. The number of aliphatic imine (C=N–C) groups is 2. The van der Waals surface area contributed by atoms with Crippen LogP contribution >= 0.6 is 0 Å². The highest BCUT2D eigenvalue weighted by molar-refractivity contribution is 5.85. The molecule has 4 nitrogen and oxygen atoms in total. The molecule has 0 amide bonds. The Hall–Kier alpha value is -3.04. The van der Waals surface area contributed by atoms with Gasteiger partial charge in [0.05, 0.1) is 23.2 Å². The van der Waals surface area contributed by atoms with Crippen LogP contribution in [0.2, 0.25) is 0 Å². The molecule has 1 fully saturated rings. The molecular formula is C30H36F6N2O2. The van der Waals surface area contributed by atoms with Crippen molar-refractivity contribution in [2.45, 2.75) is 102 Å². The Labute approximate surface area is 230 Å². The van der Waals surface area contributed by atoms with Crippen molar-refractivity contribution in [3.8, 4) is 11.5 Å². The van der Waals surface area contributed by atoms with Gasteiger partial charge in [-0.15, -0.1) is 0 Å². The normalized spacial score (nSPS) is 19.6. The molecule has 2 N–H and O–H groups in total. The van der Waals surface area contributed by atoms with Gasteiger partial charge in [-0.25, -0.2) is 0 Å². The van der Waals surface area contributed by atoms with Crippen LogP contribution in [0, 0.1) is 0 Å². The molecule has 1 aliphatic carbocycles. The minimum absolute atomic E-state index is 0.00503. The van der Waals surface area contributed by atoms with E-state index in [4.69, 9.17) is 0 Å². The van der Waals surface area contributed by atoms with Crippen LogP contribution in [0.4, 0.5) is 26.3 Å². The summed E-state index contributed by atoms with van der Waals surface area (Å²) in [5.74, 6) is -0.476. The second-order valence-corrected chi connectivity index (χ2v) is 12.4. The van der Waals surface area contributed by atoms with Gasteiger partial charge < -0.3 is 10.2 Å². The summed E-state index contributed by atoms with van der Waals surface area (Å²) in [5, 5.41) is 21.3. The summed E-state index contributed by atoms with van der Waals surface area (Å²) in [6.45, 7) is 10.3. The zero-order valence-corrected chi connectivity index (χ0v) is 23.5. The third-order valence-corrected chi connectivity index (χ3v) is 7.06. The molecule has 0 atom stereocenters. The lowest BCUT2D eigenvalue weighted by Crippen LogP contribution is -2.20. The fourth-order valence-electron chi connectivity index (χ4n) is 4.71. The van der Waals surface area contributed by atoms with E-state index in [1.807, 2.05) is 0 Å². The fraction of sp³-hybridized carbons (Fsp3) is 0.533. The van der Waals surface area contributed by atoms with Gasteiger partial charge in [0.15, 0.2) is 0 Å². The highest BCUT2D eigenvalue weighted by Crippen LogP contribution is 2.40. The first-order valence-corrected chi connectivity index (χ1v) is 13.1. The number of hydrogen-bond acceptors (Lipinski definition) is 4. The number of phenolic OH excluding ortho intramolecular Hbond substituents is 2. The number of halogens is 6. The van der Waals surface area contributed by atoms with Crippen molar-refractivity contribution in [1.82, 2.24) is 0 Å². The number of benzene rings is 2. The molecule has 0 aliphatic heterocycles. The summed E-state index contributed by atoms with van der Waals surface area (Å²) in [7, 11) is 0. The number of hydrogen-bond donors (Lipinski definition) is 2. The van der Waals surface area contributed by atoms with Crippen molar-refractivity contribution < 1.29 is 36.6 Å². The van der Waals surface area contributed by atoms with E-state index in [0.29, 0.717) is 25.7 Å². The molecule has 1 aliphatic rings. The summed E-state index contributed by atoms with van der Waals surface area (Å²) < 4.78 is 80.9. The molecule has 10 heteroatoms. The first-order chi connectivity index (χ1) is 18.2. The van der Waals surface area contributed by atoms with Crippen molar-refractivity contribution in [2.75, 3.05) is 0 Å². The van der Waals surface area contributed by atoms with E-state index in [1.165, 1.54) is 12.4 Å². The Morgan fingerprint density at radius 1 is 0.600 bits per heavy atom. The zero-order valence-electron chi connectivity index (χ0n) is 23.5. The van der Waals surface area contributed by atoms with Gasteiger partial charge in [-0.05, 0) is 60.8 Å². The Morgan fingerprint density at radius 2 is 0.900 bits per heavy atom. The van der Waals surface area contributed by atoms with E-state index < -0.39 is 34.3 Å². The summed E-state index contributed by atoms with van der Waals surface area (Å²) in [6, 6.07) is 3.29. The molecule has 0 saturated heterocycles. The molecule has 0 aromatic heterocycles. The van der Waals surface area contributed by atoms with Crippen LogP contribution in [-0.2, 0) is 23.2 Å². The smallest absolute Gasteiger partial charge is 0.416 e. The van der Waals surface area contributed by atoms with Gasteiger partial charge in [-0.2, -0.15) is 26.3 Å². The average Bonchev–Trinajstić information content (AvgIpc) is 2.80. The summed E-state index contributed by atoms with van der Waals surface area (Å²) in [5.41, 5.74) is -2.81. The third kappa shape index (κ3) is 7.57. The topological polar surface area (TPSA) is 65.2 Å². The highest BCUT2D eigenvalue weighted by atomic mass is 19.4. The number of alkyl halides is 6. The molecule has 0 spiro atoms. The molecule has 0 heterocycles. The van der Waals surface area contributed by atoms with E-state index in [0.717, 1.165) is 24.3 Å². The number of phenols is 2. The van der Waals surface area contributed by atoms with Crippen LogP contribution in [-0.4, -0.2) is 34.7 Å². The molecular weight excluding hydrogens is 534 g/mol. The maximum atomic E-state index is 13.5. The molecule has 40 heavy (non-hydrogen) atoms. The Morgan fingerprint density at radius 3 is 1.15 bits per heavy atom. The van der Waals surface area contributed by atoms with Gasteiger partial charge in [-0.3, -0.25) is 9.98 Å². The van der Waals surface area contributed by atoms with Gasteiger partial charge in [-0.1, -0.05) is 41.5 Å². The number of aromatic hydroxyl groups is 2. The van der Waals surface area contributed by atoms with E-state index in [1.54, 1.807) is 41.5 Å². The molecule has 2 aromatic rings. The first kappa shape index (κ1) is 31.5. The van der Waals surface area contributed by atoms with Gasteiger partial charge in [0.25, 0.3) is 0 Å². The van der Waals surface area contributed by atoms with Crippen LogP contribution in [0.5, 0.6) is 11.5 Å². The quantitative estimate of drug-likeness (QED) is 0.286. The second-order valence-electron chi connectivity index (χ2n) is 12.4. The highest BCUT2D eigenvalue weighted by Gasteiger charge is 2.35. The lowest BCUT2D eigenvalue weighted by Gasteiger charge is -2.25. The van der Waals surface area contributed by atoms with Crippen LogP contribution in [0.15, 0.2) is 34.3 Å². The maximum Gasteiger partial charge on any atom is 0.416 e. The predicted molar refractivity (Wildman–Crippen MR) is 145 cm³/mol. The van der Waals surface area contributed by atoms with Crippen molar-refractivity contribution in [3.05, 3.63) is 57.6 Å². The molecule has 1 saturated carbocycles. The van der Waals surface area contributed by atoms with E-state index >= 15 is 0 Å². The Kier molecular flexibility index (Phi) is 8.73. The molecule has 0 unspecified atom stereocenters. The van der Waals surface area contributed by atoms with E-state index in [2.05, 4.69) is 9.98 Å². The monoisotopic (exact) mass is 570 g/mol. The number of nitrogens with zero attached hydrogens (tertiary/aromatic N) is 2. The Balaban J connectivity index is 1.77. The maximum absolute atomic E-state index is 13.5.